The molecule has 0 aromatic rings. The quantitative estimate of drug-likeness (QED) is 0.0321. The lowest BCUT2D eigenvalue weighted by atomic mass is 10.0. The predicted octanol–water partition coefficient (Wildman–Crippen LogP) is 16.9. The summed E-state index contributed by atoms with van der Waals surface area (Å²) in [5.74, 6) is -0.468. The lowest BCUT2D eigenvalue weighted by Gasteiger charge is -2.24. The second kappa shape index (κ2) is 50.6. The number of hydrogen-bond acceptors (Lipinski definition) is 5. The number of allylic oxidation sites excluding steroid dienone is 2. The summed E-state index contributed by atoms with van der Waals surface area (Å²) < 4.78 is 5.95. The van der Waals surface area contributed by atoms with Crippen LogP contribution in [0, 0.1) is 0 Å². The van der Waals surface area contributed by atoms with Crippen LogP contribution in [0.5, 0.6) is 0 Å². The van der Waals surface area contributed by atoms with E-state index in [1.807, 2.05) is 0 Å². The van der Waals surface area contributed by atoms with E-state index in [-0.39, 0.29) is 24.9 Å². The van der Waals surface area contributed by atoms with E-state index < -0.39 is 18.2 Å². The van der Waals surface area contributed by atoms with Crippen molar-refractivity contribution in [2.75, 3.05) is 6.61 Å². The fourth-order valence-corrected chi connectivity index (χ4v) is 8.84. The van der Waals surface area contributed by atoms with E-state index in [0.29, 0.717) is 19.3 Å². The Balaban J connectivity index is 4.55. The van der Waals surface area contributed by atoms with Crippen LogP contribution in [0.3, 0.4) is 0 Å². The Morgan fingerprint density at radius 3 is 1.16 bits per heavy atom. The lowest BCUT2D eigenvalue weighted by molar-refractivity contribution is -0.151. The van der Waals surface area contributed by atoms with Gasteiger partial charge in [0.1, 0.15) is 6.10 Å². The van der Waals surface area contributed by atoms with Crippen LogP contribution in [0.1, 0.15) is 310 Å². The van der Waals surface area contributed by atoms with Crippen LogP contribution < -0.4 is 5.32 Å². The molecule has 0 saturated carbocycles. The van der Waals surface area contributed by atoms with Gasteiger partial charge in [0, 0.05) is 6.42 Å². The van der Waals surface area contributed by atoms with Gasteiger partial charge in [-0.25, -0.2) is 0 Å². The summed E-state index contributed by atoms with van der Waals surface area (Å²) in [6, 6.07) is -0.700. The van der Waals surface area contributed by atoms with E-state index in [9.17, 15) is 19.8 Å². The van der Waals surface area contributed by atoms with Crippen molar-refractivity contribution in [2.45, 2.75) is 328 Å². The Labute approximate surface area is 387 Å². The zero-order valence-electron chi connectivity index (χ0n) is 42.0. The van der Waals surface area contributed by atoms with Gasteiger partial charge in [-0.15, -0.1) is 0 Å². The first kappa shape index (κ1) is 60.6. The Morgan fingerprint density at radius 2 is 0.774 bits per heavy atom. The molecular formula is C56H109NO5. The Morgan fingerprint density at radius 1 is 0.452 bits per heavy atom. The van der Waals surface area contributed by atoms with Crippen molar-refractivity contribution in [3.05, 3.63) is 12.2 Å². The molecule has 3 N–H and O–H groups in total. The molecule has 0 aliphatic rings. The van der Waals surface area contributed by atoms with Gasteiger partial charge in [0.05, 0.1) is 25.2 Å². The first-order valence-electron chi connectivity index (χ1n) is 27.9. The average molecular weight is 876 g/mol. The van der Waals surface area contributed by atoms with E-state index in [2.05, 4.69) is 38.2 Å². The van der Waals surface area contributed by atoms with Crippen molar-refractivity contribution >= 4 is 11.9 Å². The van der Waals surface area contributed by atoms with Crippen LogP contribution in [0.25, 0.3) is 0 Å². The highest BCUT2D eigenvalue weighted by molar-refractivity contribution is 5.77. The van der Waals surface area contributed by atoms with Crippen LogP contribution >= 0.6 is 0 Å². The summed E-state index contributed by atoms with van der Waals surface area (Å²) in [6.07, 6.45) is 57.0. The molecule has 0 heterocycles. The summed E-state index contributed by atoms with van der Waals surface area (Å²) in [6.45, 7) is 6.51. The fraction of sp³-hybridized carbons (Fsp3) is 0.929. The van der Waals surface area contributed by atoms with Crippen molar-refractivity contribution in [1.29, 1.82) is 0 Å². The lowest BCUT2D eigenvalue weighted by Crippen LogP contribution is -2.46. The number of aliphatic hydroxyl groups is 2. The van der Waals surface area contributed by atoms with E-state index in [1.54, 1.807) is 0 Å². The van der Waals surface area contributed by atoms with Crippen molar-refractivity contribution in [1.82, 2.24) is 5.32 Å². The number of carbonyl (C=O) groups excluding carboxylic acids is 2. The van der Waals surface area contributed by atoms with Gasteiger partial charge < -0.3 is 20.3 Å². The summed E-state index contributed by atoms with van der Waals surface area (Å²) >= 11 is 0. The number of amides is 1. The minimum atomic E-state index is -0.786. The van der Waals surface area contributed by atoms with Crippen molar-refractivity contribution in [3.63, 3.8) is 0 Å². The molecule has 0 saturated heterocycles. The number of ether oxygens (including phenoxy) is 1. The smallest absolute Gasteiger partial charge is 0.306 e. The maximum atomic E-state index is 13.2. The zero-order chi connectivity index (χ0) is 45.2. The number of unbranched alkanes of at least 4 members (excludes halogenated alkanes) is 37. The molecule has 0 spiro atoms. The Kier molecular flexibility index (Phi) is 49.5. The second-order valence-electron chi connectivity index (χ2n) is 19.3. The maximum Gasteiger partial charge on any atom is 0.306 e. The third kappa shape index (κ3) is 45.2. The summed E-state index contributed by atoms with van der Waals surface area (Å²) in [5, 5.41) is 23.8. The van der Waals surface area contributed by atoms with Crippen molar-refractivity contribution in [2.24, 2.45) is 0 Å². The number of hydrogen-bond donors (Lipinski definition) is 3. The Hall–Kier alpha value is -1.40. The highest BCUT2D eigenvalue weighted by Crippen LogP contribution is 2.18. The molecule has 6 heteroatoms. The predicted molar refractivity (Wildman–Crippen MR) is 269 cm³/mol. The molecule has 368 valence electrons. The maximum absolute atomic E-state index is 13.2. The third-order valence-electron chi connectivity index (χ3n) is 13.1. The van der Waals surface area contributed by atoms with Gasteiger partial charge in [-0.05, 0) is 51.4 Å². The van der Waals surface area contributed by atoms with Crippen molar-refractivity contribution in [3.8, 4) is 0 Å². The molecule has 62 heavy (non-hydrogen) atoms. The minimum absolute atomic E-state index is 0.0745. The highest BCUT2D eigenvalue weighted by atomic mass is 16.5. The number of nitrogens with one attached hydrogen (secondary N) is 1. The second-order valence-corrected chi connectivity index (χ2v) is 19.3. The van der Waals surface area contributed by atoms with Gasteiger partial charge in [-0.3, -0.25) is 9.59 Å². The minimum Gasteiger partial charge on any atom is -0.462 e. The van der Waals surface area contributed by atoms with Crippen LogP contribution in [-0.4, -0.2) is 46.9 Å². The van der Waals surface area contributed by atoms with Gasteiger partial charge in [-0.2, -0.15) is 0 Å². The molecule has 0 aromatic carbocycles. The molecule has 1 amide bonds. The highest BCUT2D eigenvalue weighted by Gasteiger charge is 2.24. The SMILES string of the molecule is CCCCCCCCCCC/C=C/CCCCCC(CC(=O)NC(CO)C(O)CCCCCCCCCCCCCCC)OC(=O)CCCCCCCCCCCCCCCC. The van der Waals surface area contributed by atoms with Crippen LogP contribution in [0.2, 0.25) is 0 Å². The van der Waals surface area contributed by atoms with Gasteiger partial charge in [0.15, 0.2) is 0 Å². The molecule has 0 bridgehead atoms. The average Bonchev–Trinajstić information content (AvgIpc) is 3.26. The van der Waals surface area contributed by atoms with Gasteiger partial charge in [0.2, 0.25) is 5.91 Å². The van der Waals surface area contributed by atoms with Gasteiger partial charge in [-0.1, -0.05) is 258 Å². The molecule has 0 aromatic heterocycles. The molecule has 3 atom stereocenters. The van der Waals surface area contributed by atoms with Crippen LogP contribution in [0.15, 0.2) is 12.2 Å². The standard InChI is InChI=1S/C56H109NO5/c1-4-7-10-13-16-19-22-25-27-28-30-32-35-38-41-44-47-52(62-56(61)49-46-43-40-37-34-31-26-23-20-17-14-11-8-5-2)50-55(60)57-53(51-58)54(59)48-45-42-39-36-33-29-24-21-18-15-12-9-6-3/h30,32,52-54,58-59H,4-29,31,33-51H2,1-3H3,(H,57,60)/b32-30+. The first-order valence-corrected chi connectivity index (χ1v) is 27.9. The van der Waals surface area contributed by atoms with Crippen LogP contribution in [0.4, 0.5) is 0 Å². The molecular weight excluding hydrogens is 767 g/mol. The topological polar surface area (TPSA) is 95.9 Å². The molecule has 0 aliphatic heterocycles. The van der Waals surface area contributed by atoms with E-state index in [4.69, 9.17) is 4.74 Å². The van der Waals surface area contributed by atoms with E-state index in [1.165, 1.54) is 205 Å². The van der Waals surface area contributed by atoms with Gasteiger partial charge in [0.25, 0.3) is 0 Å². The third-order valence-corrected chi connectivity index (χ3v) is 13.1. The molecule has 0 rings (SSSR count). The van der Waals surface area contributed by atoms with Crippen LogP contribution in [-0.2, 0) is 14.3 Å². The molecule has 6 nitrogen and oxygen atoms in total. The summed E-state index contributed by atoms with van der Waals surface area (Å²) in [4.78, 5) is 26.2. The number of esters is 1. The van der Waals surface area contributed by atoms with E-state index in [0.717, 1.165) is 57.8 Å². The van der Waals surface area contributed by atoms with Gasteiger partial charge >= 0.3 is 5.97 Å². The summed E-state index contributed by atoms with van der Waals surface area (Å²) in [7, 11) is 0. The first-order chi connectivity index (χ1) is 30.5. The summed E-state index contributed by atoms with van der Waals surface area (Å²) in [5.41, 5.74) is 0. The number of rotatable bonds is 51. The molecule has 0 radical (unpaired) electrons. The normalized spacial score (nSPS) is 13.2. The molecule has 3 unspecified atom stereocenters. The molecule has 0 fully saturated rings. The monoisotopic (exact) mass is 876 g/mol. The number of aliphatic hydroxyl groups excluding tert-OH is 2. The number of carbonyl (C=O) groups is 2. The zero-order valence-corrected chi connectivity index (χ0v) is 42.0. The van der Waals surface area contributed by atoms with Crippen molar-refractivity contribution < 1.29 is 24.5 Å². The Bertz CT molecular complexity index is 939. The largest absolute Gasteiger partial charge is 0.462 e. The van der Waals surface area contributed by atoms with E-state index >= 15 is 0 Å². The molecule has 0 aliphatic carbocycles. The fourth-order valence-electron chi connectivity index (χ4n) is 8.84.